The van der Waals surface area contributed by atoms with Gasteiger partial charge in [-0.3, -0.25) is 4.79 Å². The smallest absolute Gasteiger partial charge is 0.150 e. The minimum atomic E-state index is 0.545. The van der Waals surface area contributed by atoms with Crippen LogP contribution in [0.25, 0.3) is 0 Å². The molecule has 0 radical (unpaired) electrons. The molecule has 0 atom stereocenters. The van der Waals surface area contributed by atoms with Crippen molar-refractivity contribution in [2.75, 3.05) is 7.05 Å². The van der Waals surface area contributed by atoms with Gasteiger partial charge in [0.1, 0.15) is 6.29 Å². The highest BCUT2D eigenvalue weighted by Crippen LogP contribution is 2.07. The molecule has 0 heterocycles. The highest BCUT2D eigenvalue weighted by atomic mass is 79.9. The zero-order valence-corrected chi connectivity index (χ0v) is 7.89. The normalized spacial score (nSPS) is 12.5. The predicted molar refractivity (Wildman–Crippen MR) is 50.4 cm³/mol. The standard InChI is InChI=1S/C8H10BrNO/c1-3-7(6-11)4-8(9)5-10-2/h3-6,10H,1H2,2H3/b7-4+,8-5+. The van der Waals surface area contributed by atoms with Gasteiger partial charge in [0.15, 0.2) is 0 Å². The van der Waals surface area contributed by atoms with Crippen LogP contribution in [0.3, 0.4) is 0 Å². The summed E-state index contributed by atoms with van der Waals surface area (Å²) >= 11 is 3.24. The van der Waals surface area contributed by atoms with Gasteiger partial charge in [0.05, 0.1) is 0 Å². The second kappa shape index (κ2) is 5.92. The Morgan fingerprint density at radius 2 is 2.27 bits per heavy atom. The van der Waals surface area contributed by atoms with Gasteiger partial charge in [0.25, 0.3) is 0 Å². The van der Waals surface area contributed by atoms with Crippen molar-refractivity contribution in [3.63, 3.8) is 0 Å². The second-order valence-electron chi connectivity index (χ2n) is 1.78. The average Bonchev–Trinajstić information content (AvgIpc) is 2.01. The van der Waals surface area contributed by atoms with E-state index in [-0.39, 0.29) is 0 Å². The summed E-state index contributed by atoms with van der Waals surface area (Å²) in [4.78, 5) is 10.3. The van der Waals surface area contributed by atoms with Gasteiger partial charge in [0, 0.05) is 23.3 Å². The zero-order chi connectivity index (χ0) is 8.69. The van der Waals surface area contributed by atoms with Crippen LogP contribution < -0.4 is 5.32 Å². The van der Waals surface area contributed by atoms with E-state index in [1.807, 2.05) is 0 Å². The van der Waals surface area contributed by atoms with E-state index in [0.29, 0.717) is 5.57 Å². The van der Waals surface area contributed by atoms with Crippen molar-refractivity contribution >= 4 is 22.2 Å². The Balaban J connectivity index is 4.37. The third-order valence-corrected chi connectivity index (χ3v) is 1.42. The summed E-state index contributed by atoms with van der Waals surface area (Å²) in [6.45, 7) is 3.48. The highest BCUT2D eigenvalue weighted by Gasteiger charge is 1.88. The lowest BCUT2D eigenvalue weighted by atomic mass is 10.3. The fourth-order valence-corrected chi connectivity index (χ4v) is 0.973. The molecule has 2 nitrogen and oxygen atoms in total. The maximum absolute atomic E-state index is 10.3. The van der Waals surface area contributed by atoms with E-state index in [1.165, 1.54) is 6.08 Å². The van der Waals surface area contributed by atoms with E-state index < -0.39 is 0 Å². The number of hydrogen-bond acceptors (Lipinski definition) is 2. The van der Waals surface area contributed by atoms with Crippen LogP contribution in [0.15, 0.2) is 35.0 Å². The van der Waals surface area contributed by atoms with E-state index in [2.05, 4.69) is 27.8 Å². The van der Waals surface area contributed by atoms with E-state index >= 15 is 0 Å². The Labute approximate surface area is 74.8 Å². The molecule has 0 aromatic rings. The largest absolute Gasteiger partial charge is 0.393 e. The van der Waals surface area contributed by atoms with E-state index in [9.17, 15) is 4.79 Å². The van der Waals surface area contributed by atoms with Crippen LogP contribution in [0.1, 0.15) is 0 Å². The Morgan fingerprint density at radius 3 is 2.64 bits per heavy atom. The molecule has 3 heteroatoms. The van der Waals surface area contributed by atoms with Crippen molar-refractivity contribution in [3.8, 4) is 0 Å². The van der Waals surface area contributed by atoms with Gasteiger partial charge in [-0.05, 0) is 22.0 Å². The first-order valence-electron chi connectivity index (χ1n) is 3.06. The lowest BCUT2D eigenvalue weighted by Gasteiger charge is -1.91. The molecule has 0 aliphatic carbocycles. The molecule has 0 saturated carbocycles. The molecule has 0 aromatic heterocycles. The third-order valence-electron chi connectivity index (χ3n) is 0.959. The minimum absolute atomic E-state index is 0.545. The summed E-state index contributed by atoms with van der Waals surface area (Å²) in [7, 11) is 1.78. The third kappa shape index (κ3) is 4.56. The molecule has 0 fully saturated rings. The molecule has 0 saturated heterocycles. The van der Waals surface area contributed by atoms with Crippen LogP contribution in [0.4, 0.5) is 0 Å². The monoisotopic (exact) mass is 215 g/mol. The lowest BCUT2D eigenvalue weighted by Crippen LogP contribution is -1.92. The fraction of sp³-hybridized carbons (Fsp3) is 0.125. The quantitative estimate of drug-likeness (QED) is 0.440. The minimum Gasteiger partial charge on any atom is -0.393 e. The van der Waals surface area contributed by atoms with Crippen LogP contribution in [0, 0.1) is 0 Å². The number of halogens is 1. The van der Waals surface area contributed by atoms with Gasteiger partial charge in [-0.2, -0.15) is 0 Å². The van der Waals surface area contributed by atoms with Crippen molar-refractivity contribution in [3.05, 3.63) is 35.0 Å². The molecule has 0 spiro atoms. The van der Waals surface area contributed by atoms with Gasteiger partial charge in [0.2, 0.25) is 0 Å². The number of aldehydes is 1. The topological polar surface area (TPSA) is 29.1 Å². The average molecular weight is 216 g/mol. The van der Waals surface area contributed by atoms with Gasteiger partial charge in [-0.15, -0.1) is 0 Å². The van der Waals surface area contributed by atoms with Crippen molar-refractivity contribution in [1.29, 1.82) is 0 Å². The van der Waals surface area contributed by atoms with E-state index in [0.717, 1.165) is 10.8 Å². The molecule has 0 bridgehead atoms. The van der Waals surface area contributed by atoms with E-state index in [4.69, 9.17) is 0 Å². The molecule has 11 heavy (non-hydrogen) atoms. The maximum Gasteiger partial charge on any atom is 0.150 e. The Kier molecular flexibility index (Phi) is 5.47. The summed E-state index contributed by atoms with van der Waals surface area (Å²) in [5, 5.41) is 2.82. The number of carbonyl (C=O) groups is 1. The van der Waals surface area contributed by atoms with Crippen LogP contribution in [0.5, 0.6) is 0 Å². The molecule has 1 N–H and O–H groups in total. The molecular weight excluding hydrogens is 206 g/mol. The SMILES string of the molecule is C=C/C(C=O)=C\C(Br)=C/NC. The van der Waals surface area contributed by atoms with Gasteiger partial charge < -0.3 is 5.32 Å². The Hall–Kier alpha value is -0.830. The summed E-state index contributed by atoms with van der Waals surface area (Å²) in [5.41, 5.74) is 0.545. The molecule has 0 rings (SSSR count). The van der Waals surface area contributed by atoms with Crippen molar-refractivity contribution < 1.29 is 4.79 Å². The number of nitrogens with one attached hydrogen (secondary N) is 1. The number of hydrogen-bond donors (Lipinski definition) is 1. The second-order valence-corrected chi connectivity index (χ2v) is 2.70. The fourth-order valence-electron chi connectivity index (χ4n) is 0.480. The van der Waals surface area contributed by atoms with Crippen LogP contribution >= 0.6 is 15.9 Å². The highest BCUT2D eigenvalue weighted by molar-refractivity contribution is 9.11. The van der Waals surface area contributed by atoms with Crippen LogP contribution in [0.2, 0.25) is 0 Å². The van der Waals surface area contributed by atoms with Crippen molar-refractivity contribution in [2.24, 2.45) is 0 Å². The molecule has 60 valence electrons. The molecule has 0 aliphatic rings. The number of carbonyl (C=O) groups excluding carboxylic acids is 1. The Morgan fingerprint density at radius 1 is 1.64 bits per heavy atom. The summed E-state index contributed by atoms with van der Waals surface area (Å²) < 4.78 is 0.807. The first-order chi connectivity index (χ1) is 5.24. The van der Waals surface area contributed by atoms with E-state index in [1.54, 1.807) is 19.3 Å². The van der Waals surface area contributed by atoms with Gasteiger partial charge in [-0.25, -0.2) is 0 Å². The first kappa shape index (κ1) is 10.2. The summed E-state index contributed by atoms with van der Waals surface area (Å²) in [6.07, 6.45) is 5.65. The maximum atomic E-state index is 10.3. The van der Waals surface area contributed by atoms with Crippen LogP contribution in [-0.2, 0) is 4.79 Å². The Bertz CT molecular complexity index is 196. The molecule has 0 amide bonds. The lowest BCUT2D eigenvalue weighted by molar-refractivity contribution is -0.104. The zero-order valence-electron chi connectivity index (χ0n) is 6.30. The summed E-state index contributed by atoms with van der Waals surface area (Å²) in [6, 6.07) is 0. The van der Waals surface area contributed by atoms with Crippen molar-refractivity contribution in [2.45, 2.75) is 0 Å². The first-order valence-corrected chi connectivity index (χ1v) is 3.86. The van der Waals surface area contributed by atoms with Crippen LogP contribution in [-0.4, -0.2) is 13.3 Å². The summed E-state index contributed by atoms with van der Waals surface area (Å²) in [5.74, 6) is 0. The predicted octanol–water partition coefficient (Wildman–Crippen LogP) is 1.75. The number of rotatable bonds is 4. The van der Waals surface area contributed by atoms with Gasteiger partial charge >= 0.3 is 0 Å². The number of allylic oxidation sites excluding steroid dienone is 4. The van der Waals surface area contributed by atoms with Gasteiger partial charge in [-0.1, -0.05) is 12.7 Å². The van der Waals surface area contributed by atoms with Crippen molar-refractivity contribution in [1.82, 2.24) is 5.32 Å². The molecule has 0 aliphatic heterocycles. The molecule has 0 unspecified atom stereocenters. The molecular formula is C8H10BrNO. The molecule has 0 aromatic carbocycles.